The first kappa shape index (κ1) is 21.1. The zero-order valence-corrected chi connectivity index (χ0v) is 17.8. The molecule has 3 aromatic rings. The number of likely N-dealkylation sites (tertiary alicyclic amines) is 1. The Morgan fingerprint density at radius 1 is 1.16 bits per heavy atom. The number of carbonyl (C=O) groups excluding carboxylic acids is 1. The summed E-state index contributed by atoms with van der Waals surface area (Å²) >= 11 is 0. The lowest BCUT2D eigenvalue weighted by Gasteiger charge is -2.32. The van der Waals surface area contributed by atoms with Crippen LogP contribution >= 0.6 is 0 Å². The van der Waals surface area contributed by atoms with E-state index in [2.05, 4.69) is 34.5 Å². The number of nitrogens with zero attached hydrogens (tertiary/aromatic N) is 1. The number of rotatable bonds is 7. The third-order valence-electron chi connectivity index (χ3n) is 6.02. The minimum atomic E-state index is -0.381. The maximum atomic E-state index is 12.7. The van der Waals surface area contributed by atoms with E-state index in [9.17, 15) is 9.59 Å². The first-order valence-electron chi connectivity index (χ1n) is 10.8. The number of methoxy groups -OCH3 is 1. The molecule has 31 heavy (non-hydrogen) atoms. The van der Waals surface area contributed by atoms with E-state index in [0.717, 1.165) is 38.9 Å². The number of nitrogens with one attached hydrogen (secondary N) is 1. The Labute approximate surface area is 181 Å². The Kier molecular flexibility index (Phi) is 6.67. The molecule has 0 saturated carbocycles. The smallest absolute Gasteiger partial charge is 0.258 e. The Bertz CT molecular complexity index is 1090. The molecule has 0 radical (unpaired) electrons. The predicted molar refractivity (Wildman–Crippen MR) is 120 cm³/mol. The number of hydrogen-bond acceptors (Lipinski definition) is 5. The average Bonchev–Trinajstić information content (AvgIpc) is 2.81. The highest BCUT2D eigenvalue weighted by Crippen LogP contribution is 2.22. The highest BCUT2D eigenvalue weighted by Gasteiger charge is 2.20. The van der Waals surface area contributed by atoms with Gasteiger partial charge in [-0.1, -0.05) is 30.3 Å². The van der Waals surface area contributed by atoms with Crippen molar-refractivity contribution in [3.63, 3.8) is 0 Å². The van der Waals surface area contributed by atoms with Gasteiger partial charge in [0.1, 0.15) is 23.2 Å². The Morgan fingerprint density at radius 2 is 1.94 bits per heavy atom. The molecule has 6 heteroatoms. The SMILES string of the molecule is COc1ccc2c(=O)c(C(=O)NCCC3CCN(Cc4ccccc4)CC3)coc2c1. The molecule has 1 aliphatic rings. The van der Waals surface area contributed by atoms with E-state index in [1.165, 1.54) is 11.8 Å². The summed E-state index contributed by atoms with van der Waals surface area (Å²) in [5.41, 5.74) is 1.47. The summed E-state index contributed by atoms with van der Waals surface area (Å²) in [5.74, 6) is 0.809. The largest absolute Gasteiger partial charge is 0.497 e. The van der Waals surface area contributed by atoms with Crippen molar-refractivity contribution in [3.8, 4) is 5.75 Å². The van der Waals surface area contributed by atoms with E-state index in [4.69, 9.17) is 9.15 Å². The fraction of sp³-hybridized carbons (Fsp3) is 0.360. The lowest BCUT2D eigenvalue weighted by atomic mass is 9.93. The van der Waals surface area contributed by atoms with Gasteiger partial charge in [-0.15, -0.1) is 0 Å². The zero-order chi connectivity index (χ0) is 21.6. The van der Waals surface area contributed by atoms with Crippen LogP contribution in [0.1, 0.15) is 35.2 Å². The second kappa shape index (κ2) is 9.79. The van der Waals surface area contributed by atoms with E-state index in [-0.39, 0.29) is 16.9 Å². The van der Waals surface area contributed by atoms with Crippen molar-refractivity contribution in [3.05, 3.63) is 76.1 Å². The number of hydrogen-bond donors (Lipinski definition) is 1. The van der Waals surface area contributed by atoms with Crippen LogP contribution in [0.4, 0.5) is 0 Å². The van der Waals surface area contributed by atoms with Crippen molar-refractivity contribution in [2.24, 2.45) is 5.92 Å². The highest BCUT2D eigenvalue weighted by atomic mass is 16.5. The molecular formula is C25H28N2O4. The minimum absolute atomic E-state index is 0.0374. The van der Waals surface area contributed by atoms with Crippen molar-refractivity contribution in [1.82, 2.24) is 10.2 Å². The quantitative estimate of drug-likeness (QED) is 0.629. The van der Waals surface area contributed by atoms with Gasteiger partial charge in [-0.25, -0.2) is 0 Å². The van der Waals surface area contributed by atoms with E-state index >= 15 is 0 Å². The van der Waals surface area contributed by atoms with Gasteiger partial charge in [-0.3, -0.25) is 14.5 Å². The van der Waals surface area contributed by atoms with Crippen LogP contribution in [0.15, 0.2) is 64.0 Å². The summed E-state index contributed by atoms with van der Waals surface area (Å²) in [5, 5.41) is 3.26. The standard InChI is InChI=1S/C25H28N2O4/c1-30-20-7-8-21-23(15-20)31-17-22(24(21)28)25(29)26-12-9-18-10-13-27(14-11-18)16-19-5-3-2-4-6-19/h2-8,15,17-18H,9-14,16H2,1H3,(H,26,29). The van der Waals surface area contributed by atoms with E-state index in [0.29, 0.717) is 29.2 Å². The Morgan fingerprint density at radius 3 is 2.68 bits per heavy atom. The van der Waals surface area contributed by atoms with Gasteiger partial charge in [-0.05, 0) is 56.0 Å². The van der Waals surface area contributed by atoms with Gasteiger partial charge in [-0.2, -0.15) is 0 Å². The van der Waals surface area contributed by atoms with Crippen molar-refractivity contribution < 1.29 is 13.9 Å². The summed E-state index contributed by atoms with van der Waals surface area (Å²) in [6, 6.07) is 15.5. The summed E-state index contributed by atoms with van der Waals surface area (Å²) < 4.78 is 10.6. The van der Waals surface area contributed by atoms with Crippen molar-refractivity contribution in [2.75, 3.05) is 26.7 Å². The van der Waals surface area contributed by atoms with Crippen molar-refractivity contribution >= 4 is 16.9 Å². The fourth-order valence-corrected chi connectivity index (χ4v) is 4.15. The number of fused-ring (bicyclic) bond motifs is 1. The molecule has 1 aromatic heterocycles. The molecule has 6 nitrogen and oxygen atoms in total. The molecular weight excluding hydrogens is 392 g/mol. The summed E-state index contributed by atoms with van der Waals surface area (Å²) in [7, 11) is 1.55. The van der Waals surface area contributed by atoms with Crippen LogP contribution in [0.3, 0.4) is 0 Å². The van der Waals surface area contributed by atoms with Crippen LogP contribution in [0.2, 0.25) is 0 Å². The van der Waals surface area contributed by atoms with Gasteiger partial charge in [0, 0.05) is 19.2 Å². The monoisotopic (exact) mass is 420 g/mol. The normalized spacial score (nSPS) is 15.1. The maximum absolute atomic E-state index is 12.7. The molecule has 0 spiro atoms. The average molecular weight is 421 g/mol. The highest BCUT2D eigenvalue weighted by molar-refractivity contribution is 5.96. The number of benzene rings is 2. The molecule has 4 rings (SSSR count). The van der Waals surface area contributed by atoms with Gasteiger partial charge in [0.05, 0.1) is 12.5 Å². The topological polar surface area (TPSA) is 71.8 Å². The lowest BCUT2D eigenvalue weighted by molar-refractivity contribution is 0.0945. The molecule has 1 saturated heterocycles. The summed E-state index contributed by atoms with van der Waals surface area (Å²) in [6.45, 7) is 3.70. The molecule has 0 bridgehead atoms. The summed E-state index contributed by atoms with van der Waals surface area (Å²) in [6.07, 6.45) is 4.41. The molecule has 2 heterocycles. The Balaban J connectivity index is 1.26. The van der Waals surface area contributed by atoms with Crippen LogP contribution in [0.25, 0.3) is 11.0 Å². The third kappa shape index (κ3) is 5.14. The van der Waals surface area contributed by atoms with E-state index < -0.39 is 0 Å². The number of ether oxygens (including phenoxy) is 1. The molecule has 162 valence electrons. The molecule has 0 aliphatic carbocycles. The van der Waals surface area contributed by atoms with Crippen LogP contribution in [-0.2, 0) is 6.54 Å². The van der Waals surface area contributed by atoms with Gasteiger partial charge in [0.15, 0.2) is 0 Å². The number of amides is 1. The van der Waals surface area contributed by atoms with Gasteiger partial charge in [0.25, 0.3) is 5.91 Å². The zero-order valence-electron chi connectivity index (χ0n) is 17.8. The number of piperidine rings is 1. The molecule has 1 aliphatic heterocycles. The third-order valence-corrected chi connectivity index (χ3v) is 6.02. The van der Waals surface area contributed by atoms with Crippen LogP contribution in [0.5, 0.6) is 5.75 Å². The van der Waals surface area contributed by atoms with Crippen LogP contribution < -0.4 is 15.5 Å². The molecule has 0 atom stereocenters. The molecule has 2 aromatic carbocycles. The lowest BCUT2D eigenvalue weighted by Crippen LogP contribution is -2.35. The molecule has 1 N–H and O–H groups in total. The van der Waals surface area contributed by atoms with E-state index in [1.54, 1.807) is 25.3 Å². The maximum Gasteiger partial charge on any atom is 0.258 e. The van der Waals surface area contributed by atoms with Gasteiger partial charge in [0.2, 0.25) is 5.43 Å². The predicted octanol–water partition coefficient (Wildman–Crippen LogP) is 3.83. The van der Waals surface area contributed by atoms with Crippen molar-refractivity contribution in [1.29, 1.82) is 0 Å². The van der Waals surface area contributed by atoms with Crippen LogP contribution in [0, 0.1) is 5.92 Å². The first-order valence-corrected chi connectivity index (χ1v) is 10.8. The fourth-order valence-electron chi connectivity index (χ4n) is 4.15. The first-order chi connectivity index (χ1) is 15.1. The van der Waals surface area contributed by atoms with Gasteiger partial charge < -0.3 is 14.5 Å². The molecule has 1 amide bonds. The van der Waals surface area contributed by atoms with Crippen molar-refractivity contribution in [2.45, 2.75) is 25.8 Å². The summed E-state index contributed by atoms with van der Waals surface area (Å²) in [4.78, 5) is 27.7. The second-order valence-electron chi connectivity index (χ2n) is 8.09. The Hall–Kier alpha value is -3.12. The molecule has 1 fully saturated rings. The second-order valence-corrected chi connectivity index (χ2v) is 8.09. The molecule has 0 unspecified atom stereocenters. The minimum Gasteiger partial charge on any atom is -0.497 e. The van der Waals surface area contributed by atoms with Gasteiger partial charge >= 0.3 is 0 Å². The van der Waals surface area contributed by atoms with E-state index in [1.807, 2.05) is 6.07 Å². The number of carbonyl (C=O) groups is 1. The van der Waals surface area contributed by atoms with Crippen LogP contribution in [-0.4, -0.2) is 37.6 Å².